The highest BCUT2D eigenvalue weighted by Gasteiger charge is 2.31. The predicted molar refractivity (Wildman–Crippen MR) is 94.9 cm³/mol. The molecule has 3 rings (SSSR count). The van der Waals surface area contributed by atoms with E-state index >= 15 is 0 Å². The summed E-state index contributed by atoms with van der Waals surface area (Å²) in [6.45, 7) is 0.183. The van der Waals surface area contributed by atoms with Crippen molar-refractivity contribution in [2.75, 3.05) is 11.9 Å². The molecule has 9 heteroatoms. The van der Waals surface area contributed by atoms with Crippen LogP contribution in [0.5, 0.6) is 0 Å². The molecule has 0 bridgehead atoms. The lowest BCUT2D eigenvalue weighted by molar-refractivity contribution is -0.139. The second-order valence-electron chi connectivity index (χ2n) is 6.01. The van der Waals surface area contributed by atoms with Crippen LogP contribution in [0.1, 0.15) is 12.0 Å². The fourth-order valence-electron chi connectivity index (χ4n) is 2.61. The van der Waals surface area contributed by atoms with Gasteiger partial charge >= 0.3 is 5.97 Å². The molecule has 7 nitrogen and oxygen atoms in total. The van der Waals surface area contributed by atoms with Crippen molar-refractivity contribution in [1.29, 1.82) is 0 Å². The number of carbonyl (C=O) groups is 2. The number of nitrogens with one attached hydrogen (secondary N) is 2. The van der Waals surface area contributed by atoms with Gasteiger partial charge in [-0.2, -0.15) is 4.72 Å². The van der Waals surface area contributed by atoms with Crippen LogP contribution in [0.15, 0.2) is 53.4 Å². The highest BCUT2D eigenvalue weighted by molar-refractivity contribution is 7.89. The summed E-state index contributed by atoms with van der Waals surface area (Å²) in [7, 11) is -3.88. The molecule has 0 radical (unpaired) electrons. The Morgan fingerprint density at radius 2 is 1.93 bits per heavy atom. The molecule has 0 spiro atoms. The van der Waals surface area contributed by atoms with Crippen molar-refractivity contribution in [2.24, 2.45) is 0 Å². The minimum Gasteiger partial charge on any atom is -0.464 e. The molecule has 1 atom stereocenters. The lowest BCUT2D eigenvalue weighted by atomic mass is 10.1. The number of esters is 1. The molecule has 1 amide bonds. The first-order valence-corrected chi connectivity index (χ1v) is 9.65. The number of rotatable bonds is 6. The molecule has 0 aliphatic carbocycles. The zero-order valence-corrected chi connectivity index (χ0v) is 15.0. The van der Waals surface area contributed by atoms with E-state index < -0.39 is 27.9 Å². The fraction of sp³-hybridized carbons (Fsp3) is 0.222. The smallest absolute Gasteiger partial charge is 0.324 e. The third kappa shape index (κ3) is 4.89. The van der Waals surface area contributed by atoms with Crippen molar-refractivity contribution >= 4 is 27.6 Å². The van der Waals surface area contributed by atoms with Crippen molar-refractivity contribution in [1.82, 2.24) is 4.72 Å². The molecule has 2 aromatic rings. The number of amides is 1. The van der Waals surface area contributed by atoms with E-state index in [1.165, 1.54) is 42.5 Å². The standard InChI is InChI=1S/C18H17FN2O5S/c19-13-3-1-2-12(10-13)11-17(22)20-14-4-6-15(7-5-14)27(24,25)21-16-8-9-26-18(16)23/h1-7,10,16,21H,8-9,11H2,(H,20,22)/t16-/m0/s1. The van der Waals surface area contributed by atoms with E-state index in [0.29, 0.717) is 11.3 Å². The highest BCUT2D eigenvalue weighted by atomic mass is 32.2. The van der Waals surface area contributed by atoms with E-state index in [-0.39, 0.29) is 30.3 Å². The largest absolute Gasteiger partial charge is 0.464 e. The number of hydrogen-bond donors (Lipinski definition) is 2. The van der Waals surface area contributed by atoms with Gasteiger partial charge in [-0.15, -0.1) is 0 Å². The Balaban J connectivity index is 1.62. The van der Waals surface area contributed by atoms with Gasteiger partial charge in [0.2, 0.25) is 15.9 Å². The normalized spacial score (nSPS) is 16.8. The summed E-state index contributed by atoms with van der Waals surface area (Å²) in [5.74, 6) is -1.38. The summed E-state index contributed by atoms with van der Waals surface area (Å²) < 4.78 is 44.8. The number of benzene rings is 2. The first-order chi connectivity index (χ1) is 12.8. The maximum atomic E-state index is 13.1. The maximum Gasteiger partial charge on any atom is 0.324 e. The average Bonchev–Trinajstić information content (AvgIpc) is 2.99. The first-order valence-electron chi connectivity index (χ1n) is 8.17. The SMILES string of the molecule is O=C(Cc1cccc(F)c1)Nc1ccc(S(=O)(=O)N[C@H]2CCOC2=O)cc1. The molecule has 2 N–H and O–H groups in total. The number of hydrogen-bond acceptors (Lipinski definition) is 5. The van der Waals surface area contributed by atoms with Crippen LogP contribution in [-0.2, 0) is 30.8 Å². The van der Waals surface area contributed by atoms with Crippen molar-refractivity contribution in [3.8, 4) is 0 Å². The summed E-state index contributed by atoms with van der Waals surface area (Å²) in [5.41, 5.74) is 0.926. The zero-order chi connectivity index (χ0) is 19.4. The molecule has 27 heavy (non-hydrogen) atoms. The van der Waals surface area contributed by atoms with Crippen molar-refractivity contribution in [3.05, 3.63) is 59.9 Å². The topological polar surface area (TPSA) is 102 Å². The molecule has 142 valence electrons. The van der Waals surface area contributed by atoms with E-state index in [9.17, 15) is 22.4 Å². The van der Waals surface area contributed by atoms with Crippen LogP contribution in [0, 0.1) is 5.82 Å². The molecule has 1 aliphatic rings. The Morgan fingerprint density at radius 3 is 2.56 bits per heavy atom. The Hall–Kier alpha value is -2.78. The van der Waals surface area contributed by atoms with Gasteiger partial charge in [0.15, 0.2) is 0 Å². The number of carbonyl (C=O) groups excluding carboxylic acids is 2. The molecule has 0 saturated carbocycles. The minimum absolute atomic E-state index is 0.0108. The number of cyclic esters (lactones) is 1. The Kier molecular flexibility index (Phi) is 5.52. The first kappa shape index (κ1) is 19.0. The van der Waals surface area contributed by atoms with E-state index in [2.05, 4.69) is 10.0 Å². The van der Waals surface area contributed by atoms with Gasteiger partial charge in [-0.3, -0.25) is 9.59 Å². The number of halogens is 1. The highest BCUT2D eigenvalue weighted by Crippen LogP contribution is 2.17. The van der Waals surface area contributed by atoms with Crippen LogP contribution in [-0.4, -0.2) is 32.9 Å². The van der Waals surface area contributed by atoms with Crippen molar-refractivity contribution in [3.63, 3.8) is 0 Å². The summed E-state index contributed by atoms with van der Waals surface area (Å²) in [6, 6.07) is 10.3. The summed E-state index contributed by atoms with van der Waals surface area (Å²) in [6.07, 6.45) is 0.273. The van der Waals surface area contributed by atoms with Crippen LogP contribution in [0.25, 0.3) is 0 Å². The molecule has 1 fully saturated rings. The maximum absolute atomic E-state index is 13.1. The van der Waals surface area contributed by atoms with Crippen LogP contribution in [0.2, 0.25) is 0 Å². The van der Waals surface area contributed by atoms with E-state index in [0.717, 1.165) is 0 Å². The minimum atomic E-state index is -3.88. The van der Waals surface area contributed by atoms with Gasteiger partial charge in [0.05, 0.1) is 17.9 Å². The summed E-state index contributed by atoms with van der Waals surface area (Å²) in [5, 5.41) is 2.62. The van der Waals surface area contributed by atoms with Crippen LogP contribution in [0.4, 0.5) is 10.1 Å². The van der Waals surface area contributed by atoms with E-state index in [1.807, 2.05) is 0 Å². The molecule has 1 saturated heterocycles. The molecule has 1 heterocycles. The van der Waals surface area contributed by atoms with Gasteiger partial charge < -0.3 is 10.1 Å². The van der Waals surface area contributed by atoms with Gasteiger partial charge in [0, 0.05) is 12.1 Å². The van der Waals surface area contributed by atoms with Gasteiger partial charge in [-0.25, -0.2) is 12.8 Å². The summed E-state index contributed by atoms with van der Waals surface area (Å²) in [4.78, 5) is 23.4. The summed E-state index contributed by atoms with van der Waals surface area (Å²) >= 11 is 0. The van der Waals surface area contributed by atoms with E-state index in [4.69, 9.17) is 4.74 Å². The predicted octanol–water partition coefficient (Wildman–Crippen LogP) is 1.60. The Labute approximate surface area is 155 Å². The third-order valence-electron chi connectivity index (χ3n) is 3.93. The van der Waals surface area contributed by atoms with Crippen molar-refractivity contribution < 1.29 is 27.1 Å². The molecule has 0 unspecified atom stereocenters. The second-order valence-corrected chi connectivity index (χ2v) is 7.72. The number of ether oxygens (including phenoxy) is 1. The molecule has 0 aromatic heterocycles. The quantitative estimate of drug-likeness (QED) is 0.727. The monoisotopic (exact) mass is 392 g/mol. The number of anilines is 1. The van der Waals surface area contributed by atoms with Gasteiger partial charge in [0.1, 0.15) is 11.9 Å². The lowest BCUT2D eigenvalue weighted by Gasteiger charge is -2.11. The molecule has 2 aromatic carbocycles. The van der Waals surface area contributed by atoms with E-state index in [1.54, 1.807) is 6.07 Å². The number of sulfonamides is 1. The molecular formula is C18H17FN2O5S. The van der Waals surface area contributed by atoms with Gasteiger partial charge in [-0.1, -0.05) is 12.1 Å². The van der Waals surface area contributed by atoms with Crippen LogP contribution >= 0.6 is 0 Å². The third-order valence-corrected chi connectivity index (χ3v) is 5.42. The zero-order valence-electron chi connectivity index (χ0n) is 14.1. The Morgan fingerprint density at radius 1 is 1.19 bits per heavy atom. The fourth-order valence-corrected chi connectivity index (χ4v) is 3.83. The van der Waals surface area contributed by atoms with Crippen LogP contribution in [0.3, 0.4) is 0 Å². The Bertz CT molecular complexity index is 960. The lowest BCUT2D eigenvalue weighted by Crippen LogP contribution is -2.37. The van der Waals surface area contributed by atoms with Crippen molar-refractivity contribution in [2.45, 2.75) is 23.8 Å². The molecular weight excluding hydrogens is 375 g/mol. The van der Waals surface area contributed by atoms with Gasteiger partial charge in [0.25, 0.3) is 0 Å². The van der Waals surface area contributed by atoms with Crippen LogP contribution < -0.4 is 10.0 Å². The molecule has 1 aliphatic heterocycles. The average molecular weight is 392 g/mol. The second kappa shape index (κ2) is 7.85. The van der Waals surface area contributed by atoms with Gasteiger partial charge in [-0.05, 0) is 42.0 Å².